The summed E-state index contributed by atoms with van der Waals surface area (Å²) in [5, 5.41) is 3.07. The average molecular weight is 311 g/mol. The van der Waals surface area contributed by atoms with Gasteiger partial charge in [-0.3, -0.25) is 4.98 Å². The van der Waals surface area contributed by atoms with Crippen LogP contribution in [-0.4, -0.2) is 26.5 Å². The van der Waals surface area contributed by atoms with Gasteiger partial charge in [0.25, 0.3) is 0 Å². The van der Waals surface area contributed by atoms with Crippen molar-refractivity contribution in [3.8, 4) is 0 Å². The van der Waals surface area contributed by atoms with Crippen LogP contribution in [0.2, 0.25) is 0 Å². The maximum Gasteiger partial charge on any atom is 0.244 e. The normalized spacial score (nSPS) is 18.4. The fraction of sp³-hybridized carbons (Fsp3) is 0.667. The van der Waals surface area contributed by atoms with Crippen molar-refractivity contribution in [1.29, 1.82) is 0 Å². The van der Waals surface area contributed by atoms with Gasteiger partial charge in [-0.25, -0.2) is 13.1 Å². The zero-order valence-corrected chi connectivity index (χ0v) is 13.7. The van der Waals surface area contributed by atoms with E-state index in [-0.39, 0.29) is 10.3 Å². The summed E-state index contributed by atoms with van der Waals surface area (Å²) < 4.78 is 27.8. The molecule has 5 nitrogen and oxygen atoms in total. The van der Waals surface area contributed by atoms with Crippen LogP contribution in [0.4, 0.5) is 5.69 Å². The molecule has 1 aliphatic carbocycles. The average Bonchev–Trinajstić information content (AvgIpc) is 2.47. The fourth-order valence-electron chi connectivity index (χ4n) is 2.86. The van der Waals surface area contributed by atoms with Crippen LogP contribution in [0.5, 0.6) is 0 Å². The van der Waals surface area contributed by atoms with Crippen LogP contribution < -0.4 is 10.0 Å². The standard InChI is InChI=1S/C15H25N3O2S/c1-3-17-13-7-10-16-11-14(13)21(19,20)18-12-15(2)8-5-4-6-9-15/h7,10-11,18H,3-6,8-9,12H2,1-2H3,(H,16,17). The van der Waals surface area contributed by atoms with E-state index in [1.807, 2.05) is 6.92 Å². The molecule has 1 aromatic heterocycles. The van der Waals surface area contributed by atoms with Gasteiger partial charge in [0.2, 0.25) is 10.0 Å². The number of nitrogens with zero attached hydrogens (tertiary/aromatic N) is 1. The molecule has 1 fully saturated rings. The van der Waals surface area contributed by atoms with E-state index in [1.54, 1.807) is 12.3 Å². The Balaban J connectivity index is 2.11. The third kappa shape index (κ3) is 4.17. The number of nitrogens with one attached hydrogen (secondary N) is 2. The summed E-state index contributed by atoms with van der Waals surface area (Å²) in [4.78, 5) is 4.17. The van der Waals surface area contributed by atoms with Gasteiger partial charge in [0.05, 0.1) is 5.69 Å². The zero-order valence-electron chi connectivity index (χ0n) is 12.9. The van der Waals surface area contributed by atoms with Gasteiger partial charge in [-0.2, -0.15) is 0 Å². The lowest BCUT2D eigenvalue weighted by Gasteiger charge is -2.33. The molecule has 118 valence electrons. The molecule has 0 amide bonds. The number of rotatable bonds is 6. The van der Waals surface area contributed by atoms with E-state index in [4.69, 9.17) is 0 Å². The number of hydrogen-bond acceptors (Lipinski definition) is 4. The summed E-state index contributed by atoms with van der Waals surface area (Å²) >= 11 is 0. The second-order valence-corrected chi connectivity index (χ2v) is 7.83. The van der Waals surface area contributed by atoms with E-state index in [0.717, 1.165) is 12.8 Å². The number of aromatic nitrogens is 1. The monoisotopic (exact) mass is 311 g/mol. The fourth-order valence-corrected chi connectivity index (χ4v) is 4.18. The van der Waals surface area contributed by atoms with Crippen molar-refractivity contribution in [3.63, 3.8) is 0 Å². The SMILES string of the molecule is CCNc1ccncc1S(=O)(=O)NCC1(C)CCCCC1. The van der Waals surface area contributed by atoms with Crippen molar-refractivity contribution in [2.45, 2.75) is 50.8 Å². The lowest BCUT2D eigenvalue weighted by atomic mass is 9.76. The molecule has 0 bridgehead atoms. The first kappa shape index (κ1) is 16.2. The molecule has 1 aliphatic rings. The van der Waals surface area contributed by atoms with Crippen molar-refractivity contribution in [2.24, 2.45) is 5.41 Å². The van der Waals surface area contributed by atoms with Gasteiger partial charge in [0, 0.05) is 25.5 Å². The summed E-state index contributed by atoms with van der Waals surface area (Å²) in [7, 11) is -3.53. The second-order valence-electron chi connectivity index (χ2n) is 6.10. The molecule has 1 saturated carbocycles. The third-order valence-electron chi connectivity index (χ3n) is 4.19. The quantitative estimate of drug-likeness (QED) is 0.847. The highest BCUT2D eigenvalue weighted by Gasteiger charge is 2.29. The van der Waals surface area contributed by atoms with E-state index in [0.29, 0.717) is 18.8 Å². The Morgan fingerprint density at radius 1 is 1.29 bits per heavy atom. The Labute approximate surface area is 127 Å². The van der Waals surface area contributed by atoms with Crippen LogP contribution >= 0.6 is 0 Å². The Kier molecular flexibility index (Phi) is 5.22. The molecule has 0 unspecified atom stereocenters. The van der Waals surface area contributed by atoms with Crippen LogP contribution in [0.1, 0.15) is 46.0 Å². The Bertz CT molecular complexity index is 566. The largest absolute Gasteiger partial charge is 0.384 e. The van der Waals surface area contributed by atoms with E-state index in [2.05, 4.69) is 21.9 Å². The third-order valence-corrected chi connectivity index (χ3v) is 5.62. The van der Waals surface area contributed by atoms with Gasteiger partial charge < -0.3 is 5.32 Å². The van der Waals surface area contributed by atoms with Gasteiger partial charge in [0.1, 0.15) is 4.90 Å². The minimum absolute atomic E-state index is 0.0753. The van der Waals surface area contributed by atoms with Crippen LogP contribution in [0.25, 0.3) is 0 Å². The molecule has 2 N–H and O–H groups in total. The van der Waals surface area contributed by atoms with Gasteiger partial charge >= 0.3 is 0 Å². The van der Waals surface area contributed by atoms with Crippen molar-refractivity contribution in [1.82, 2.24) is 9.71 Å². The molecule has 0 aromatic carbocycles. The van der Waals surface area contributed by atoms with Gasteiger partial charge in [-0.05, 0) is 31.2 Å². The topological polar surface area (TPSA) is 71.1 Å². The lowest BCUT2D eigenvalue weighted by Crippen LogP contribution is -2.37. The Morgan fingerprint density at radius 3 is 2.67 bits per heavy atom. The summed E-state index contributed by atoms with van der Waals surface area (Å²) in [6.07, 6.45) is 8.81. The maximum absolute atomic E-state index is 12.5. The smallest absolute Gasteiger partial charge is 0.244 e. The molecule has 0 atom stereocenters. The Hall–Kier alpha value is -1.14. The van der Waals surface area contributed by atoms with Crippen molar-refractivity contribution in [2.75, 3.05) is 18.4 Å². The van der Waals surface area contributed by atoms with Gasteiger partial charge in [-0.1, -0.05) is 26.2 Å². The maximum atomic E-state index is 12.5. The minimum atomic E-state index is -3.53. The molecule has 21 heavy (non-hydrogen) atoms. The number of sulfonamides is 1. The molecule has 1 aromatic rings. The van der Waals surface area contributed by atoms with Crippen molar-refractivity contribution in [3.05, 3.63) is 18.5 Å². The highest BCUT2D eigenvalue weighted by Crippen LogP contribution is 2.35. The molecule has 6 heteroatoms. The first-order valence-electron chi connectivity index (χ1n) is 7.64. The molecule has 0 spiro atoms. The molecule has 2 rings (SSSR count). The second kappa shape index (κ2) is 6.75. The molecule has 0 radical (unpaired) electrons. The van der Waals surface area contributed by atoms with Crippen LogP contribution in [-0.2, 0) is 10.0 Å². The van der Waals surface area contributed by atoms with Crippen molar-refractivity contribution >= 4 is 15.7 Å². The number of anilines is 1. The van der Waals surface area contributed by atoms with E-state index < -0.39 is 10.0 Å². The van der Waals surface area contributed by atoms with Crippen LogP contribution in [0.3, 0.4) is 0 Å². The molecule has 1 heterocycles. The predicted molar refractivity (Wildman–Crippen MR) is 84.8 cm³/mol. The molecular weight excluding hydrogens is 286 g/mol. The molecule has 0 aliphatic heterocycles. The predicted octanol–water partition coefficient (Wildman–Crippen LogP) is 2.76. The van der Waals surface area contributed by atoms with Crippen LogP contribution in [0, 0.1) is 5.41 Å². The Morgan fingerprint density at radius 2 is 2.00 bits per heavy atom. The zero-order chi connectivity index (χ0) is 15.3. The number of pyridine rings is 1. The van der Waals surface area contributed by atoms with Gasteiger partial charge in [0.15, 0.2) is 0 Å². The summed E-state index contributed by atoms with van der Waals surface area (Å²) in [6.45, 7) is 5.27. The highest BCUT2D eigenvalue weighted by molar-refractivity contribution is 7.89. The first-order chi connectivity index (χ1) is 9.97. The lowest BCUT2D eigenvalue weighted by molar-refractivity contribution is 0.219. The van der Waals surface area contributed by atoms with E-state index in [9.17, 15) is 8.42 Å². The van der Waals surface area contributed by atoms with E-state index in [1.165, 1.54) is 25.5 Å². The summed E-state index contributed by atoms with van der Waals surface area (Å²) in [5.74, 6) is 0. The molecule has 0 saturated heterocycles. The van der Waals surface area contributed by atoms with E-state index >= 15 is 0 Å². The first-order valence-corrected chi connectivity index (χ1v) is 9.13. The molecular formula is C15H25N3O2S. The van der Waals surface area contributed by atoms with Gasteiger partial charge in [-0.15, -0.1) is 0 Å². The number of hydrogen-bond donors (Lipinski definition) is 2. The van der Waals surface area contributed by atoms with Crippen molar-refractivity contribution < 1.29 is 8.42 Å². The summed E-state index contributed by atoms with van der Waals surface area (Å²) in [5.41, 5.74) is 0.681. The van der Waals surface area contributed by atoms with Crippen LogP contribution in [0.15, 0.2) is 23.4 Å². The highest BCUT2D eigenvalue weighted by atomic mass is 32.2. The summed E-state index contributed by atoms with van der Waals surface area (Å²) in [6, 6.07) is 1.69. The minimum Gasteiger partial charge on any atom is -0.384 e.